The molecule has 2 atom stereocenters. The first-order valence-electron chi connectivity index (χ1n) is 8.26. The summed E-state index contributed by atoms with van der Waals surface area (Å²) in [5.74, 6) is 0.0368. The molecule has 4 heterocycles. The molecule has 25 heavy (non-hydrogen) atoms. The van der Waals surface area contributed by atoms with Crippen LogP contribution < -0.4 is 0 Å². The number of hydrogen-bond donors (Lipinski definition) is 0. The first-order chi connectivity index (χ1) is 12.3. The van der Waals surface area contributed by atoms with Crippen molar-refractivity contribution >= 4 is 29.0 Å². The van der Waals surface area contributed by atoms with E-state index in [-0.39, 0.29) is 17.2 Å². The third-order valence-corrected chi connectivity index (χ3v) is 7.02. The van der Waals surface area contributed by atoms with E-state index in [0.717, 1.165) is 19.5 Å². The Bertz CT molecular complexity index is 921. The molecule has 0 saturated heterocycles. The van der Waals surface area contributed by atoms with Gasteiger partial charge >= 0.3 is 0 Å². The summed E-state index contributed by atoms with van der Waals surface area (Å²) in [6.45, 7) is 1.83. The molecule has 0 amide bonds. The molecule has 2 unspecified atom stereocenters. The summed E-state index contributed by atoms with van der Waals surface area (Å²) in [6.07, 6.45) is 2.47. The van der Waals surface area contributed by atoms with Gasteiger partial charge in [0.05, 0.1) is 6.04 Å². The zero-order valence-electron chi connectivity index (χ0n) is 13.4. The van der Waals surface area contributed by atoms with Crippen LogP contribution >= 0.6 is 23.1 Å². The van der Waals surface area contributed by atoms with Crippen molar-refractivity contribution in [2.45, 2.75) is 29.4 Å². The minimum atomic E-state index is -0.194. The zero-order chi connectivity index (χ0) is 16.8. The summed E-state index contributed by atoms with van der Waals surface area (Å²) >= 11 is 3.26. The van der Waals surface area contributed by atoms with E-state index in [1.165, 1.54) is 38.8 Å². The maximum absolute atomic E-state index is 12.9. The van der Waals surface area contributed by atoms with Gasteiger partial charge in [-0.05, 0) is 29.0 Å². The Balaban J connectivity index is 1.50. The molecule has 2 aromatic heterocycles. The number of thioether (sulfide) groups is 1. The van der Waals surface area contributed by atoms with Crippen molar-refractivity contribution in [3.63, 3.8) is 0 Å². The molecule has 5 rings (SSSR count). The normalized spacial score (nSPS) is 21.1. The van der Waals surface area contributed by atoms with Crippen LogP contribution in [0.25, 0.3) is 0 Å². The lowest BCUT2D eigenvalue weighted by molar-refractivity contribution is 0.0827. The van der Waals surface area contributed by atoms with Gasteiger partial charge in [0.15, 0.2) is 5.16 Å². The lowest BCUT2D eigenvalue weighted by Crippen LogP contribution is -2.41. The molecular formula is C18H16N4OS2. The molecular weight excluding hydrogens is 352 g/mol. The first kappa shape index (κ1) is 15.3. The zero-order valence-corrected chi connectivity index (χ0v) is 15.0. The van der Waals surface area contributed by atoms with E-state index in [1.807, 2.05) is 0 Å². The number of benzene rings is 1. The van der Waals surface area contributed by atoms with E-state index < -0.39 is 0 Å². The third kappa shape index (κ3) is 2.54. The standard InChI is InChI=1S/C18H16N4OS2/c23-17-16(25-18-19-11-20-22(17)18)15(14-6-3-9-24-14)21-8-7-12-4-1-2-5-13(12)10-21/h1-6,9,11,15-16H,7-8,10H2. The molecule has 0 N–H and O–H groups in total. The van der Waals surface area contributed by atoms with Crippen LogP contribution in [0.3, 0.4) is 0 Å². The van der Waals surface area contributed by atoms with E-state index in [9.17, 15) is 4.79 Å². The molecule has 0 spiro atoms. The Morgan fingerprint density at radius 2 is 2.04 bits per heavy atom. The lowest BCUT2D eigenvalue weighted by atomic mass is 9.97. The number of aromatic nitrogens is 3. The highest BCUT2D eigenvalue weighted by Gasteiger charge is 2.43. The Hall–Kier alpha value is -1.96. The van der Waals surface area contributed by atoms with Gasteiger partial charge < -0.3 is 0 Å². The Morgan fingerprint density at radius 1 is 1.16 bits per heavy atom. The van der Waals surface area contributed by atoms with Crippen LogP contribution in [0.5, 0.6) is 0 Å². The van der Waals surface area contributed by atoms with Gasteiger partial charge in [0.2, 0.25) is 0 Å². The molecule has 3 aromatic rings. The molecule has 1 aromatic carbocycles. The van der Waals surface area contributed by atoms with Crippen molar-refractivity contribution in [2.24, 2.45) is 0 Å². The molecule has 7 heteroatoms. The van der Waals surface area contributed by atoms with Gasteiger partial charge in [-0.1, -0.05) is 42.1 Å². The Morgan fingerprint density at radius 3 is 2.84 bits per heavy atom. The number of carbonyl (C=O) groups excluding carboxylic acids is 1. The molecule has 0 saturated carbocycles. The van der Waals surface area contributed by atoms with Crippen molar-refractivity contribution in [1.82, 2.24) is 19.7 Å². The average Bonchev–Trinajstić information content (AvgIpc) is 3.37. The van der Waals surface area contributed by atoms with Gasteiger partial charge in [0, 0.05) is 18.0 Å². The van der Waals surface area contributed by atoms with Gasteiger partial charge in [0.25, 0.3) is 5.91 Å². The Kier molecular flexibility index (Phi) is 3.73. The maximum atomic E-state index is 12.9. The van der Waals surface area contributed by atoms with Gasteiger partial charge in [-0.2, -0.15) is 9.78 Å². The maximum Gasteiger partial charge on any atom is 0.264 e. The van der Waals surface area contributed by atoms with E-state index in [1.54, 1.807) is 11.3 Å². The summed E-state index contributed by atoms with van der Waals surface area (Å²) in [5, 5.41) is 6.69. The summed E-state index contributed by atoms with van der Waals surface area (Å²) in [4.78, 5) is 20.8. The van der Waals surface area contributed by atoms with Crippen molar-refractivity contribution in [3.8, 4) is 0 Å². The third-order valence-electron chi connectivity index (χ3n) is 4.88. The molecule has 2 aliphatic rings. The largest absolute Gasteiger partial charge is 0.289 e. The minimum absolute atomic E-state index is 0.0368. The van der Waals surface area contributed by atoms with Crippen molar-refractivity contribution < 1.29 is 4.79 Å². The highest BCUT2D eigenvalue weighted by atomic mass is 32.2. The van der Waals surface area contributed by atoms with E-state index >= 15 is 0 Å². The van der Waals surface area contributed by atoms with E-state index in [2.05, 4.69) is 56.8 Å². The lowest BCUT2D eigenvalue weighted by Gasteiger charge is -2.37. The van der Waals surface area contributed by atoms with Gasteiger partial charge in [-0.25, -0.2) is 4.98 Å². The quantitative estimate of drug-likeness (QED) is 0.710. The van der Waals surface area contributed by atoms with Crippen LogP contribution in [0.2, 0.25) is 0 Å². The summed E-state index contributed by atoms with van der Waals surface area (Å²) in [5.41, 5.74) is 2.78. The molecule has 126 valence electrons. The molecule has 2 aliphatic heterocycles. The van der Waals surface area contributed by atoms with E-state index in [4.69, 9.17) is 0 Å². The van der Waals surface area contributed by atoms with E-state index in [0.29, 0.717) is 5.16 Å². The second-order valence-corrected chi connectivity index (χ2v) is 8.37. The summed E-state index contributed by atoms with van der Waals surface area (Å²) in [6, 6.07) is 12.9. The van der Waals surface area contributed by atoms with Crippen LogP contribution in [0, 0.1) is 0 Å². The first-order valence-corrected chi connectivity index (χ1v) is 10.0. The number of carbonyl (C=O) groups is 1. The van der Waals surface area contributed by atoms with Gasteiger partial charge in [0.1, 0.15) is 11.6 Å². The van der Waals surface area contributed by atoms with Crippen molar-refractivity contribution in [1.29, 1.82) is 0 Å². The number of thiophene rings is 1. The van der Waals surface area contributed by atoms with Crippen molar-refractivity contribution in [3.05, 3.63) is 64.1 Å². The summed E-state index contributed by atoms with van der Waals surface area (Å²) in [7, 11) is 0. The fraction of sp³-hybridized carbons (Fsp3) is 0.278. The number of hydrogen-bond acceptors (Lipinski definition) is 6. The monoisotopic (exact) mass is 368 g/mol. The predicted octanol–water partition coefficient (Wildman–Crippen LogP) is 3.25. The average molecular weight is 368 g/mol. The molecule has 5 nitrogen and oxygen atoms in total. The number of fused-ring (bicyclic) bond motifs is 2. The number of nitrogens with zero attached hydrogens (tertiary/aromatic N) is 4. The second-order valence-electron chi connectivity index (χ2n) is 6.28. The topological polar surface area (TPSA) is 51.0 Å². The van der Waals surface area contributed by atoms with Gasteiger partial charge in [-0.3, -0.25) is 9.69 Å². The van der Waals surface area contributed by atoms with Crippen LogP contribution in [-0.4, -0.2) is 37.4 Å². The molecule has 0 aliphatic carbocycles. The molecule has 0 fully saturated rings. The van der Waals surface area contributed by atoms with Crippen LogP contribution in [0.4, 0.5) is 0 Å². The van der Waals surface area contributed by atoms with Crippen LogP contribution in [0.1, 0.15) is 26.8 Å². The number of rotatable bonds is 3. The second kappa shape index (κ2) is 6.09. The summed E-state index contributed by atoms with van der Waals surface area (Å²) < 4.78 is 1.45. The van der Waals surface area contributed by atoms with Gasteiger partial charge in [-0.15, -0.1) is 11.3 Å². The van der Waals surface area contributed by atoms with Crippen LogP contribution in [-0.2, 0) is 13.0 Å². The Labute approximate surface area is 153 Å². The SMILES string of the molecule is O=C1C(C(c2cccs2)N2CCc3ccccc3C2)Sc2ncnn21. The fourth-order valence-electron chi connectivity index (χ4n) is 3.68. The highest BCUT2D eigenvalue weighted by molar-refractivity contribution is 8.01. The molecule has 0 radical (unpaired) electrons. The molecule has 0 bridgehead atoms. The highest BCUT2D eigenvalue weighted by Crippen LogP contribution is 2.43. The minimum Gasteiger partial charge on any atom is -0.289 e. The predicted molar refractivity (Wildman–Crippen MR) is 97.9 cm³/mol. The van der Waals surface area contributed by atoms with Crippen LogP contribution in [0.15, 0.2) is 53.3 Å². The van der Waals surface area contributed by atoms with Crippen molar-refractivity contribution in [2.75, 3.05) is 6.54 Å². The fourth-order valence-corrected chi connectivity index (χ4v) is 5.88. The smallest absolute Gasteiger partial charge is 0.264 e.